The van der Waals surface area contributed by atoms with Gasteiger partial charge in [-0.2, -0.15) is 5.10 Å². The van der Waals surface area contributed by atoms with Gasteiger partial charge < -0.3 is 10.1 Å². The van der Waals surface area contributed by atoms with Crippen LogP contribution in [-0.4, -0.2) is 27.3 Å². The molecular weight excluding hydrogens is 372 g/mol. The number of H-pyrrole nitrogens is 1. The second-order valence-corrected chi connectivity index (χ2v) is 6.94. The number of amides is 1. The van der Waals surface area contributed by atoms with Gasteiger partial charge in [-0.25, -0.2) is 0 Å². The predicted octanol–water partition coefficient (Wildman–Crippen LogP) is 4.73. The molecule has 7 heteroatoms. The summed E-state index contributed by atoms with van der Waals surface area (Å²) in [6.07, 6.45) is 2.02. The molecule has 2 aromatic carbocycles. The van der Waals surface area contributed by atoms with Crippen LogP contribution < -0.4 is 10.1 Å². The highest BCUT2D eigenvalue weighted by Crippen LogP contribution is 2.24. The lowest BCUT2D eigenvalue weighted by molar-refractivity contribution is -0.116. The van der Waals surface area contributed by atoms with Crippen molar-refractivity contribution in [3.8, 4) is 17.1 Å². The number of ether oxygens (including phenoxy) is 1. The van der Waals surface area contributed by atoms with Crippen LogP contribution in [0.5, 0.6) is 5.75 Å². The molecule has 0 radical (unpaired) electrons. The SMILES string of the molecule is CCCCOc1ccccc1NC(=O)Cn1c(-c2cccc(C)c2)n[nH]c1=S. The van der Waals surface area contributed by atoms with E-state index in [2.05, 4.69) is 22.4 Å². The minimum atomic E-state index is -0.196. The summed E-state index contributed by atoms with van der Waals surface area (Å²) in [5, 5.41) is 10.00. The summed E-state index contributed by atoms with van der Waals surface area (Å²) < 4.78 is 7.88. The molecule has 0 aliphatic rings. The Hall–Kier alpha value is -2.93. The van der Waals surface area contributed by atoms with Crippen LogP contribution in [0.2, 0.25) is 0 Å². The standard InChI is InChI=1S/C21H24N4O2S/c1-3-4-12-27-18-11-6-5-10-17(18)22-19(26)14-25-20(23-24-21(25)28)16-9-7-8-15(2)13-16/h5-11,13H,3-4,12,14H2,1-2H3,(H,22,26)(H,24,28). The maximum Gasteiger partial charge on any atom is 0.244 e. The Morgan fingerprint density at radius 3 is 2.86 bits per heavy atom. The Balaban J connectivity index is 1.76. The van der Waals surface area contributed by atoms with Crippen LogP contribution in [0.15, 0.2) is 48.5 Å². The minimum Gasteiger partial charge on any atom is -0.491 e. The lowest BCUT2D eigenvalue weighted by Gasteiger charge is -2.13. The van der Waals surface area contributed by atoms with Crippen LogP contribution in [0.25, 0.3) is 11.4 Å². The van der Waals surface area contributed by atoms with E-state index in [0.717, 1.165) is 24.0 Å². The number of hydrogen-bond donors (Lipinski definition) is 2. The van der Waals surface area contributed by atoms with Crippen LogP contribution in [0.4, 0.5) is 5.69 Å². The van der Waals surface area contributed by atoms with Crippen LogP contribution in [-0.2, 0) is 11.3 Å². The first-order valence-electron chi connectivity index (χ1n) is 9.32. The van der Waals surface area contributed by atoms with Crippen molar-refractivity contribution in [3.05, 3.63) is 58.9 Å². The molecule has 1 amide bonds. The molecule has 1 heterocycles. The third-order valence-corrected chi connectivity index (χ3v) is 4.56. The number of nitrogens with zero attached hydrogens (tertiary/aromatic N) is 2. The van der Waals surface area contributed by atoms with E-state index in [0.29, 0.717) is 28.6 Å². The van der Waals surface area contributed by atoms with Crippen molar-refractivity contribution >= 4 is 23.8 Å². The number of aryl methyl sites for hydroxylation is 1. The summed E-state index contributed by atoms with van der Waals surface area (Å²) in [7, 11) is 0. The maximum atomic E-state index is 12.7. The topological polar surface area (TPSA) is 71.9 Å². The summed E-state index contributed by atoms with van der Waals surface area (Å²) in [4.78, 5) is 12.7. The van der Waals surface area contributed by atoms with Gasteiger partial charge in [0.25, 0.3) is 0 Å². The van der Waals surface area contributed by atoms with E-state index in [1.54, 1.807) is 4.57 Å². The molecule has 0 atom stereocenters. The molecule has 0 unspecified atom stereocenters. The van der Waals surface area contributed by atoms with Crippen LogP contribution in [0, 0.1) is 11.7 Å². The van der Waals surface area contributed by atoms with Gasteiger partial charge in [0.15, 0.2) is 10.6 Å². The van der Waals surface area contributed by atoms with Crippen molar-refractivity contribution < 1.29 is 9.53 Å². The molecule has 0 bridgehead atoms. The van der Waals surface area contributed by atoms with Crippen LogP contribution in [0.1, 0.15) is 25.3 Å². The Morgan fingerprint density at radius 1 is 1.25 bits per heavy atom. The summed E-state index contributed by atoms with van der Waals surface area (Å²) in [6, 6.07) is 15.4. The molecule has 0 saturated heterocycles. The van der Waals surface area contributed by atoms with Crippen molar-refractivity contribution in [2.75, 3.05) is 11.9 Å². The number of anilines is 1. The number of nitrogens with one attached hydrogen (secondary N) is 2. The maximum absolute atomic E-state index is 12.7. The van der Waals surface area contributed by atoms with E-state index in [9.17, 15) is 4.79 Å². The molecule has 0 saturated carbocycles. The highest BCUT2D eigenvalue weighted by molar-refractivity contribution is 7.71. The summed E-state index contributed by atoms with van der Waals surface area (Å²) >= 11 is 5.33. The number of rotatable bonds is 8. The number of para-hydroxylation sites is 2. The fraction of sp³-hybridized carbons (Fsp3) is 0.286. The predicted molar refractivity (Wildman–Crippen MR) is 113 cm³/mol. The molecule has 2 N–H and O–H groups in total. The van der Waals surface area contributed by atoms with Gasteiger partial charge in [0.1, 0.15) is 12.3 Å². The summed E-state index contributed by atoms with van der Waals surface area (Å²) in [5.41, 5.74) is 2.67. The lowest BCUT2D eigenvalue weighted by Crippen LogP contribution is -2.20. The monoisotopic (exact) mass is 396 g/mol. The fourth-order valence-corrected chi connectivity index (χ4v) is 3.02. The molecular formula is C21H24N4O2S. The van der Waals surface area contributed by atoms with Crippen molar-refractivity contribution in [1.29, 1.82) is 0 Å². The second kappa shape index (κ2) is 9.32. The Bertz CT molecular complexity index is 1010. The fourth-order valence-electron chi connectivity index (χ4n) is 2.82. The van der Waals surface area contributed by atoms with Gasteiger partial charge in [-0.15, -0.1) is 0 Å². The third kappa shape index (κ3) is 4.86. The average molecular weight is 397 g/mol. The van der Waals surface area contributed by atoms with Crippen molar-refractivity contribution in [2.45, 2.75) is 33.2 Å². The van der Waals surface area contributed by atoms with E-state index < -0.39 is 0 Å². The highest BCUT2D eigenvalue weighted by atomic mass is 32.1. The largest absolute Gasteiger partial charge is 0.491 e. The van der Waals surface area contributed by atoms with Crippen LogP contribution >= 0.6 is 12.2 Å². The molecule has 28 heavy (non-hydrogen) atoms. The van der Waals surface area contributed by atoms with Gasteiger partial charge in [-0.1, -0.05) is 49.2 Å². The number of aromatic amines is 1. The molecule has 0 fully saturated rings. The molecule has 6 nitrogen and oxygen atoms in total. The average Bonchev–Trinajstić information content (AvgIpc) is 3.04. The minimum absolute atomic E-state index is 0.0574. The third-order valence-electron chi connectivity index (χ3n) is 4.25. The van der Waals surface area contributed by atoms with E-state index in [-0.39, 0.29) is 12.5 Å². The molecule has 0 aliphatic heterocycles. The molecule has 0 spiro atoms. The Morgan fingerprint density at radius 2 is 2.07 bits per heavy atom. The van der Waals surface area contributed by atoms with Gasteiger partial charge in [-0.3, -0.25) is 14.5 Å². The molecule has 3 rings (SSSR count). The van der Waals surface area contributed by atoms with E-state index >= 15 is 0 Å². The van der Waals surface area contributed by atoms with Crippen molar-refractivity contribution in [3.63, 3.8) is 0 Å². The number of carbonyl (C=O) groups is 1. The highest BCUT2D eigenvalue weighted by Gasteiger charge is 2.14. The van der Waals surface area contributed by atoms with Gasteiger partial charge >= 0.3 is 0 Å². The number of aromatic nitrogens is 3. The van der Waals surface area contributed by atoms with E-state index in [1.165, 1.54) is 0 Å². The number of unbranched alkanes of at least 4 members (excludes halogenated alkanes) is 1. The summed E-state index contributed by atoms with van der Waals surface area (Å²) in [5.74, 6) is 1.10. The first-order valence-corrected chi connectivity index (χ1v) is 9.73. The zero-order chi connectivity index (χ0) is 19.9. The number of benzene rings is 2. The quantitative estimate of drug-likeness (QED) is 0.426. The number of carbonyl (C=O) groups excluding carboxylic acids is 1. The normalized spacial score (nSPS) is 10.6. The Labute approximate surface area is 169 Å². The zero-order valence-corrected chi connectivity index (χ0v) is 16.9. The van der Waals surface area contributed by atoms with Crippen LogP contribution in [0.3, 0.4) is 0 Å². The Kier molecular flexibility index (Phi) is 6.60. The van der Waals surface area contributed by atoms with Crippen molar-refractivity contribution in [1.82, 2.24) is 14.8 Å². The van der Waals surface area contributed by atoms with Gasteiger partial charge in [0.2, 0.25) is 5.91 Å². The molecule has 3 aromatic rings. The number of hydrogen-bond acceptors (Lipinski definition) is 4. The smallest absolute Gasteiger partial charge is 0.244 e. The van der Waals surface area contributed by atoms with Gasteiger partial charge in [-0.05, 0) is 43.8 Å². The lowest BCUT2D eigenvalue weighted by atomic mass is 10.1. The second-order valence-electron chi connectivity index (χ2n) is 6.55. The molecule has 1 aromatic heterocycles. The van der Waals surface area contributed by atoms with E-state index in [4.69, 9.17) is 17.0 Å². The van der Waals surface area contributed by atoms with Crippen molar-refractivity contribution in [2.24, 2.45) is 0 Å². The zero-order valence-electron chi connectivity index (χ0n) is 16.1. The van der Waals surface area contributed by atoms with Gasteiger partial charge in [0, 0.05) is 5.56 Å². The molecule has 146 valence electrons. The molecule has 0 aliphatic carbocycles. The van der Waals surface area contributed by atoms with E-state index in [1.807, 2.05) is 55.5 Å². The first-order chi connectivity index (χ1) is 13.6. The summed E-state index contributed by atoms with van der Waals surface area (Å²) in [6.45, 7) is 4.80. The first kappa shape index (κ1) is 19.8. The van der Waals surface area contributed by atoms with Gasteiger partial charge in [0.05, 0.1) is 12.3 Å².